The van der Waals surface area contributed by atoms with Gasteiger partial charge in [0, 0.05) is 23.2 Å². The van der Waals surface area contributed by atoms with Gasteiger partial charge in [-0.1, -0.05) is 43.1 Å². The Kier molecular flexibility index (Phi) is 7.29. The zero-order valence-corrected chi connectivity index (χ0v) is 13.0. The number of hydrogen-bond donors (Lipinski definition) is 1. The van der Waals surface area contributed by atoms with Crippen LogP contribution < -0.4 is 10.1 Å². The molecule has 0 spiro atoms. The van der Waals surface area contributed by atoms with Crippen molar-refractivity contribution in [2.24, 2.45) is 0 Å². The Labute approximate surface area is 125 Å². The molecule has 1 aromatic carbocycles. The molecule has 0 aliphatic rings. The second-order valence-electron chi connectivity index (χ2n) is 4.69. The largest absolute Gasteiger partial charge is 0.492 e. The average molecular weight is 302 g/mol. The number of unbranched alkanes of at least 4 members (excludes halogenated alkanes) is 1. The lowest BCUT2D eigenvalue weighted by molar-refractivity contribution is 0.308. The van der Waals surface area contributed by atoms with Crippen LogP contribution >= 0.6 is 23.2 Å². The van der Waals surface area contributed by atoms with E-state index in [1.807, 2.05) is 12.1 Å². The van der Waals surface area contributed by atoms with Gasteiger partial charge in [0.05, 0.1) is 11.6 Å². The minimum atomic E-state index is 0.395. The van der Waals surface area contributed by atoms with Gasteiger partial charge >= 0.3 is 0 Å². The van der Waals surface area contributed by atoms with Crippen molar-refractivity contribution in [2.75, 3.05) is 6.61 Å². The van der Waals surface area contributed by atoms with Crippen LogP contribution in [0.4, 0.5) is 0 Å². The van der Waals surface area contributed by atoms with Gasteiger partial charge in [0.2, 0.25) is 0 Å². The molecular weight excluding hydrogens is 281 g/mol. The lowest BCUT2D eigenvalue weighted by Gasteiger charge is -2.15. The first-order chi connectivity index (χ1) is 9.04. The third kappa shape index (κ3) is 5.85. The van der Waals surface area contributed by atoms with Gasteiger partial charge < -0.3 is 10.1 Å². The number of rotatable bonds is 8. The smallest absolute Gasteiger partial charge is 0.142 e. The van der Waals surface area contributed by atoms with E-state index in [0.717, 1.165) is 24.2 Å². The molecule has 0 atom stereocenters. The summed E-state index contributed by atoms with van der Waals surface area (Å²) in [5, 5.41) is 4.54. The highest BCUT2D eigenvalue weighted by Gasteiger charge is 2.11. The van der Waals surface area contributed by atoms with Crippen LogP contribution in [0.25, 0.3) is 0 Å². The van der Waals surface area contributed by atoms with E-state index in [0.29, 0.717) is 29.2 Å². The Morgan fingerprint density at radius 1 is 1.37 bits per heavy atom. The van der Waals surface area contributed by atoms with Crippen LogP contribution in [0, 0.1) is 0 Å². The third-order valence-corrected chi connectivity index (χ3v) is 3.08. The lowest BCUT2D eigenvalue weighted by atomic mass is 10.2. The minimum Gasteiger partial charge on any atom is -0.492 e. The summed E-state index contributed by atoms with van der Waals surface area (Å²) in [6, 6.07) is 4.00. The summed E-state index contributed by atoms with van der Waals surface area (Å²) in [5.41, 5.74) is 0.991. The monoisotopic (exact) mass is 301 g/mol. The van der Waals surface area contributed by atoms with E-state index >= 15 is 0 Å². The number of halogens is 2. The second kappa shape index (κ2) is 8.47. The fraction of sp³-hybridized carbons (Fsp3) is 0.467. The molecule has 0 radical (unpaired) electrons. The normalized spacial score (nSPS) is 10.8. The maximum Gasteiger partial charge on any atom is 0.142 e. The molecule has 0 saturated carbocycles. The van der Waals surface area contributed by atoms with Crippen LogP contribution in [0.3, 0.4) is 0 Å². The average Bonchev–Trinajstić information content (AvgIpc) is 2.34. The summed E-state index contributed by atoms with van der Waals surface area (Å²) in [7, 11) is 0. The van der Waals surface area contributed by atoms with Gasteiger partial charge in [-0.25, -0.2) is 0 Å². The molecule has 0 fully saturated rings. The quantitative estimate of drug-likeness (QED) is 0.548. The van der Waals surface area contributed by atoms with Crippen molar-refractivity contribution < 1.29 is 4.74 Å². The van der Waals surface area contributed by atoms with Crippen molar-refractivity contribution in [3.63, 3.8) is 0 Å². The Bertz CT molecular complexity index is 419. The van der Waals surface area contributed by atoms with E-state index in [2.05, 4.69) is 25.7 Å². The first kappa shape index (κ1) is 16.4. The summed E-state index contributed by atoms with van der Waals surface area (Å²) in [4.78, 5) is 0. The molecule has 0 bridgehead atoms. The van der Waals surface area contributed by atoms with E-state index in [-0.39, 0.29) is 0 Å². The molecule has 0 aromatic heterocycles. The number of ether oxygens (including phenoxy) is 1. The lowest BCUT2D eigenvalue weighted by Crippen LogP contribution is -2.22. The van der Waals surface area contributed by atoms with E-state index < -0.39 is 0 Å². The molecule has 19 heavy (non-hydrogen) atoms. The Hall–Kier alpha value is -0.700. The molecular formula is C15H21Cl2NO. The molecule has 0 saturated heterocycles. The van der Waals surface area contributed by atoms with Crippen LogP contribution in [-0.4, -0.2) is 12.6 Å². The fourth-order valence-electron chi connectivity index (χ4n) is 1.62. The first-order valence-corrected chi connectivity index (χ1v) is 7.25. The highest BCUT2D eigenvalue weighted by atomic mass is 35.5. The van der Waals surface area contributed by atoms with Gasteiger partial charge in [0.1, 0.15) is 5.75 Å². The SMILES string of the molecule is C=CCCCOc1c(Cl)cc(Cl)cc1CNC(C)C. The third-order valence-electron chi connectivity index (χ3n) is 2.59. The molecule has 106 valence electrons. The van der Waals surface area contributed by atoms with E-state index in [1.54, 1.807) is 6.07 Å². The van der Waals surface area contributed by atoms with Crippen LogP contribution in [0.15, 0.2) is 24.8 Å². The zero-order valence-electron chi connectivity index (χ0n) is 11.5. The highest BCUT2D eigenvalue weighted by Crippen LogP contribution is 2.32. The Balaban J connectivity index is 2.77. The summed E-state index contributed by atoms with van der Waals surface area (Å²) in [5.74, 6) is 0.725. The van der Waals surface area contributed by atoms with Crippen LogP contribution in [0.1, 0.15) is 32.3 Å². The summed E-state index contributed by atoms with van der Waals surface area (Å²) in [6.07, 6.45) is 3.75. The highest BCUT2D eigenvalue weighted by molar-refractivity contribution is 6.35. The van der Waals surface area contributed by atoms with Gasteiger partial charge in [0.15, 0.2) is 0 Å². The standard InChI is InChI=1S/C15H21Cl2NO/c1-4-5-6-7-19-15-12(10-18-11(2)3)8-13(16)9-14(15)17/h4,8-9,11,18H,1,5-7,10H2,2-3H3. The molecule has 1 N–H and O–H groups in total. The van der Waals surface area contributed by atoms with Crippen LogP contribution in [0.2, 0.25) is 10.0 Å². The summed E-state index contributed by atoms with van der Waals surface area (Å²) < 4.78 is 5.78. The van der Waals surface area contributed by atoms with Crippen LogP contribution in [0.5, 0.6) is 5.75 Å². The number of hydrogen-bond acceptors (Lipinski definition) is 2. The first-order valence-electron chi connectivity index (χ1n) is 6.49. The van der Waals surface area contributed by atoms with E-state index in [1.165, 1.54) is 0 Å². The number of allylic oxidation sites excluding steroid dienone is 1. The van der Waals surface area contributed by atoms with Gasteiger partial charge in [0.25, 0.3) is 0 Å². The topological polar surface area (TPSA) is 21.3 Å². The predicted molar refractivity (Wildman–Crippen MR) is 83.4 cm³/mol. The van der Waals surface area contributed by atoms with Crippen molar-refractivity contribution in [3.05, 3.63) is 40.4 Å². The summed E-state index contributed by atoms with van der Waals surface area (Å²) in [6.45, 7) is 9.20. The molecule has 1 rings (SSSR count). The number of benzene rings is 1. The fourth-order valence-corrected chi connectivity index (χ4v) is 2.21. The molecule has 4 heteroatoms. The zero-order chi connectivity index (χ0) is 14.3. The van der Waals surface area contributed by atoms with Crippen LogP contribution in [-0.2, 0) is 6.54 Å². The Morgan fingerprint density at radius 2 is 2.11 bits per heavy atom. The van der Waals surface area contributed by atoms with Gasteiger partial charge in [-0.05, 0) is 25.0 Å². The molecule has 2 nitrogen and oxygen atoms in total. The van der Waals surface area contributed by atoms with Gasteiger partial charge in [-0.2, -0.15) is 0 Å². The number of nitrogens with one attached hydrogen (secondary N) is 1. The second-order valence-corrected chi connectivity index (χ2v) is 5.53. The molecule has 0 heterocycles. The van der Waals surface area contributed by atoms with Crippen molar-refractivity contribution in [2.45, 2.75) is 39.3 Å². The van der Waals surface area contributed by atoms with E-state index in [9.17, 15) is 0 Å². The van der Waals surface area contributed by atoms with E-state index in [4.69, 9.17) is 27.9 Å². The predicted octanol–water partition coefficient (Wildman–Crippen LogP) is 4.84. The van der Waals surface area contributed by atoms with Crippen molar-refractivity contribution >= 4 is 23.2 Å². The van der Waals surface area contributed by atoms with Crippen molar-refractivity contribution in [1.29, 1.82) is 0 Å². The maximum absolute atomic E-state index is 6.21. The summed E-state index contributed by atoms with van der Waals surface area (Å²) >= 11 is 12.2. The van der Waals surface area contributed by atoms with Crippen molar-refractivity contribution in [3.8, 4) is 5.75 Å². The Morgan fingerprint density at radius 3 is 2.74 bits per heavy atom. The molecule has 0 amide bonds. The maximum atomic E-state index is 6.21. The van der Waals surface area contributed by atoms with Gasteiger partial charge in [-0.3, -0.25) is 0 Å². The minimum absolute atomic E-state index is 0.395. The molecule has 0 aliphatic carbocycles. The van der Waals surface area contributed by atoms with Gasteiger partial charge in [-0.15, -0.1) is 6.58 Å². The molecule has 0 aliphatic heterocycles. The molecule has 1 aromatic rings. The molecule has 0 unspecified atom stereocenters. The van der Waals surface area contributed by atoms with Crippen molar-refractivity contribution in [1.82, 2.24) is 5.32 Å².